The molecule has 2 aromatic carbocycles. The van der Waals surface area contributed by atoms with Crippen LogP contribution in [0.25, 0.3) is 21.9 Å². The maximum atomic E-state index is 6.13. The lowest BCUT2D eigenvalue weighted by atomic mass is 9.99. The fraction of sp³-hybridized carbons (Fsp3) is 0.294. The number of hydrogen-bond donors (Lipinski definition) is 0. The molecule has 0 aliphatic heterocycles. The fourth-order valence-corrected chi connectivity index (χ4v) is 2.63. The maximum absolute atomic E-state index is 6.13. The molecule has 0 saturated carbocycles. The van der Waals surface area contributed by atoms with Gasteiger partial charge >= 0.3 is 0 Å². The van der Waals surface area contributed by atoms with Crippen molar-refractivity contribution in [2.45, 2.75) is 34.6 Å². The topological polar surface area (TPSA) is 13.1 Å². The van der Waals surface area contributed by atoms with Crippen molar-refractivity contribution in [3.8, 4) is 0 Å². The van der Waals surface area contributed by atoms with Crippen molar-refractivity contribution < 1.29 is 4.42 Å². The second-order valence-electron chi connectivity index (χ2n) is 5.31. The molecule has 3 aromatic rings. The van der Waals surface area contributed by atoms with Gasteiger partial charge in [-0.3, -0.25) is 0 Å². The molecule has 0 saturated heterocycles. The Morgan fingerprint density at radius 1 is 0.667 bits per heavy atom. The zero-order valence-electron chi connectivity index (χ0n) is 11.6. The van der Waals surface area contributed by atoms with E-state index in [2.05, 4.69) is 52.8 Å². The summed E-state index contributed by atoms with van der Waals surface area (Å²) in [6.07, 6.45) is 0. The zero-order valence-corrected chi connectivity index (χ0v) is 11.6. The van der Waals surface area contributed by atoms with Gasteiger partial charge in [0.2, 0.25) is 0 Å². The van der Waals surface area contributed by atoms with Gasteiger partial charge < -0.3 is 4.42 Å². The Kier molecular flexibility index (Phi) is 2.28. The second-order valence-corrected chi connectivity index (χ2v) is 5.31. The lowest BCUT2D eigenvalue weighted by Crippen LogP contribution is -1.86. The predicted octanol–water partition coefficient (Wildman–Crippen LogP) is 5.13. The lowest BCUT2D eigenvalue weighted by Gasteiger charge is -2.04. The molecule has 1 heteroatoms. The molecular weight excluding hydrogens is 220 g/mol. The van der Waals surface area contributed by atoms with Gasteiger partial charge in [-0.15, -0.1) is 0 Å². The molecule has 0 N–H and O–H groups in total. The first-order valence-electron chi connectivity index (χ1n) is 6.40. The maximum Gasteiger partial charge on any atom is 0.138 e. The van der Waals surface area contributed by atoms with Crippen LogP contribution in [-0.4, -0.2) is 0 Å². The number of furan rings is 1. The first kappa shape index (κ1) is 11.3. The second kappa shape index (κ2) is 3.61. The number of fused-ring (bicyclic) bond motifs is 3. The van der Waals surface area contributed by atoms with Crippen molar-refractivity contribution in [2.24, 2.45) is 0 Å². The van der Waals surface area contributed by atoms with Crippen LogP contribution in [-0.2, 0) is 0 Å². The van der Waals surface area contributed by atoms with Crippen LogP contribution in [0.5, 0.6) is 0 Å². The smallest absolute Gasteiger partial charge is 0.138 e. The third kappa shape index (κ3) is 1.34. The van der Waals surface area contributed by atoms with E-state index in [9.17, 15) is 0 Å². The van der Waals surface area contributed by atoms with E-state index in [0.29, 0.717) is 0 Å². The Bertz CT molecular complexity index is 775. The molecule has 1 heterocycles. The van der Waals surface area contributed by atoms with Crippen LogP contribution in [0.1, 0.15) is 27.8 Å². The molecule has 0 amide bonds. The van der Waals surface area contributed by atoms with Gasteiger partial charge in [0.15, 0.2) is 0 Å². The molecule has 0 unspecified atom stereocenters. The van der Waals surface area contributed by atoms with Crippen LogP contribution in [0.4, 0.5) is 0 Å². The van der Waals surface area contributed by atoms with Gasteiger partial charge in [-0.25, -0.2) is 0 Å². The Morgan fingerprint density at radius 2 is 1.33 bits per heavy atom. The minimum absolute atomic E-state index is 1.04. The van der Waals surface area contributed by atoms with Crippen molar-refractivity contribution in [1.82, 2.24) is 0 Å². The number of aryl methyl sites for hydroxylation is 4. The molecule has 92 valence electrons. The van der Waals surface area contributed by atoms with Gasteiger partial charge in [-0.1, -0.05) is 12.1 Å². The van der Waals surface area contributed by atoms with E-state index in [4.69, 9.17) is 4.42 Å². The van der Waals surface area contributed by atoms with Crippen LogP contribution in [0.3, 0.4) is 0 Å². The summed E-state index contributed by atoms with van der Waals surface area (Å²) in [5.74, 6) is 0. The van der Waals surface area contributed by atoms with Crippen LogP contribution in [0.15, 0.2) is 22.6 Å². The average molecular weight is 238 g/mol. The van der Waals surface area contributed by atoms with Gasteiger partial charge in [0.1, 0.15) is 11.2 Å². The van der Waals surface area contributed by atoms with Crippen LogP contribution in [0, 0.1) is 34.6 Å². The monoisotopic (exact) mass is 238 g/mol. The summed E-state index contributed by atoms with van der Waals surface area (Å²) in [5, 5.41) is 2.48. The van der Waals surface area contributed by atoms with E-state index in [1.165, 1.54) is 38.6 Å². The molecule has 0 fully saturated rings. The molecule has 0 aliphatic carbocycles. The van der Waals surface area contributed by atoms with E-state index in [0.717, 1.165) is 11.2 Å². The Balaban J connectivity index is 2.59. The first-order chi connectivity index (χ1) is 8.50. The van der Waals surface area contributed by atoms with Gasteiger partial charge in [-0.2, -0.15) is 0 Å². The van der Waals surface area contributed by atoms with Gasteiger partial charge in [0.05, 0.1) is 0 Å². The van der Waals surface area contributed by atoms with E-state index < -0.39 is 0 Å². The van der Waals surface area contributed by atoms with Crippen molar-refractivity contribution >= 4 is 21.9 Å². The molecule has 3 rings (SSSR count). The summed E-state index contributed by atoms with van der Waals surface area (Å²) in [6, 6.07) is 6.60. The van der Waals surface area contributed by atoms with E-state index in [1.807, 2.05) is 0 Å². The number of hydrogen-bond acceptors (Lipinski definition) is 1. The highest BCUT2D eigenvalue weighted by Crippen LogP contribution is 2.35. The minimum atomic E-state index is 1.04. The Morgan fingerprint density at radius 3 is 2.06 bits per heavy atom. The Hall–Kier alpha value is -1.76. The molecule has 0 radical (unpaired) electrons. The highest BCUT2D eigenvalue weighted by molar-refractivity contribution is 6.07. The standard InChI is InChI=1S/C17H18O/c1-9-6-7-14-15-8-10(2)11(3)13(5)17(15)18-16(14)12(9)4/h6-8H,1-5H3. The highest BCUT2D eigenvalue weighted by Gasteiger charge is 2.14. The average Bonchev–Trinajstić information content (AvgIpc) is 2.71. The van der Waals surface area contributed by atoms with Crippen molar-refractivity contribution in [3.63, 3.8) is 0 Å². The van der Waals surface area contributed by atoms with E-state index >= 15 is 0 Å². The van der Waals surface area contributed by atoms with E-state index in [1.54, 1.807) is 0 Å². The molecule has 18 heavy (non-hydrogen) atoms. The van der Waals surface area contributed by atoms with Crippen LogP contribution in [0.2, 0.25) is 0 Å². The fourth-order valence-electron chi connectivity index (χ4n) is 2.63. The molecule has 1 aromatic heterocycles. The normalized spacial score (nSPS) is 11.6. The number of rotatable bonds is 0. The molecule has 0 bridgehead atoms. The van der Waals surface area contributed by atoms with Crippen LogP contribution >= 0.6 is 0 Å². The summed E-state index contributed by atoms with van der Waals surface area (Å²) < 4.78 is 6.13. The summed E-state index contributed by atoms with van der Waals surface area (Å²) in [6.45, 7) is 10.7. The number of benzene rings is 2. The van der Waals surface area contributed by atoms with Crippen molar-refractivity contribution in [3.05, 3.63) is 46.0 Å². The largest absolute Gasteiger partial charge is 0.455 e. The van der Waals surface area contributed by atoms with Gasteiger partial charge in [0.25, 0.3) is 0 Å². The third-order valence-electron chi connectivity index (χ3n) is 4.27. The SMILES string of the molecule is Cc1cc2c(oc3c(C)c(C)ccc32)c(C)c1C. The minimum Gasteiger partial charge on any atom is -0.455 e. The van der Waals surface area contributed by atoms with Gasteiger partial charge in [-0.05, 0) is 68.5 Å². The lowest BCUT2D eigenvalue weighted by molar-refractivity contribution is 0.661. The molecule has 0 spiro atoms. The summed E-state index contributed by atoms with van der Waals surface area (Å²) >= 11 is 0. The van der Waals surface area contributed by atoms with Crippen molar-refractivity contribution in [1.29, 1.82) is 0 Å². The van der Waals surface area contributed by atoms with Crippen molar-refractivity contribution in [2.75, 3.05) is 0 Å². The highest BCUT2D eigenvalue weighted by atomic mass is 16.3. The summed E-state index contributed by atoms with van der Waals surface area (Å²) in [4.78, 5) is 0. The molecule has 0 aliphatic rings. The summed E-state index contributed by atoms with van der Waals surface area (Å²) in [7, 11) is 0. The molecular formula is C17H18O. The van der Waals surface area contributed by atoms with E-state index in [-0.39, 0.29) is 0 Å². The third-order valence-corrected chi connectivity index (χ3v) is 4.27. The summed E-state index contributed by atoms with van der Waals surface area (Å²) in [5.41, 5.74) is 8.54. The Labute approximate surface area is 107 Å². The molecule has 1 nitrogen and oxygen atoms in total. The quantitative estimate of drug-likeness (QED) is 0.529. The predicted molar refractivity (Wildman–Crippen MR) is 77.4 cm³/mol. The van der Waals surface area contributed by atoms with Crippen LogP contribution < -0.4 is 0 Å². The molecule has 0 atom stereocenters. The van der Waals surface area contributed by atoms with Gasteiger partial charge in [0, 0.05) is 10.8 Å². The zero-order chi connectivity index (χ0) is 13.0. The first-order valence-corrected chi connectivity index (χ1v) is 6.40.